The van der Waals surface area contributed by atoms with Gasteiger partial charge in [0.25, 0.3) is 5.95 Å². The fourth-order valence-electron chi connectivity index (χ4n) is 4.53. The van der Waals surface area contributed by atoms with Crippen LogP contribution in [-0.2, 0) is 4.79 Å². The number of rotatable bonds is 7. The van der Waals surface area contributed by atoms with Crippen molar-refractivity contribution in [2.24, 2.45) is 5.92 Å². The molecule has 0 radical (unpaired) electrons. The Morgan fingerprint density at radius 2 is 1.91 bits per heavy atom. The summed E-state index contributed by atoms with van der Waals surface area (Å²) >= 11 is 0. The van der Waals surface area contributed by atoms with E-state index in [1.165, 1.54) is 23.2 Å². The Morgan fingerprint density at radius 1 is 1.17 bits per heavy atom. The van der Waals surface area contributed by atoms with Crippen LogP contribution in [0.4, 0.5) is 13.2 Å². The van der Waals surface area contributed by atoms with Gasteiger partial charge in [-0.2, -0.15) is 27.9 Å². The van der Waals surface area contributed by atoms with Gasteiger partial charge in [-0.25, -0.2) is 4.79 Å². The highest BCUT2D eigenvalue weighted by Gasteiger charge is 2.42. The van der Waals surface area contributed by atoms with Crippen LogP contribution < -0.4 is 4.74 Å². The molecule has 35 heavy (non-hydrogen) atoms. The molecule has 0 atom stereocenters. The van der Waals surface area contributed by atoms with Crippen LogP contribution in [0.2, 0.25) is 0 Å². The number of hydrogen-bond acceptors (Lipinski definition) is 7. The maximum absolute atomic E-state index is 12.8. The van der Waals surface area contributed by atoms with Crippen molar-refractivity contribution in [3.8, 4) is 11.7 Å². The third-order valence-corrected chi connectivity index (χ3v) is 6.67. The normalized spacial score (nSPS) is 18.0. The second-order valence-electron chi connectivity index (χ2n) is 9.84. The van der Waals surface area contributed by atoms with Crippen molar-refractivity contribution in [2.45, 2.75) is 64.0 Å². The summed E-state index contributed by atoms with van der Waals surface area (Å²) in [5, 5.41) is 9.11. The number of alkyl halides is 3. The highest BCUT2D eigenvalue weighted by Crippen LogP contribution is 2.45. The second-order valence-corrected chi connectivity index (χ2v) is 9.84. The first-order chi connectivity index (χ1) is 16.7. The molecule has 0 spiro atoms. The molecule has 0 bridgehead atoms. The van der Waals surface area contributed by atoms with Crippen LogP contribution >= 0.6 is 0 Å². The lowest BCUT2D eigenvalue weighted by Gasteiger charge is -2.30. The lowest BCUT2D eigenvalue weighted by Crippen LogP contribution is -2.34. The van der Waals surface area contributed by atoms with Gasteiger partial charge in [0.15, 0.2) is 0 Å². The first-order valence-corrected chi connectivity index (χ1v) is 12.1. The first-order valence-electron chi connectivity index (χ1n) is 12.1. The smallest absolute Gasteiger partial charge is 0.419 e. The van der Waals surface area contributed by atoms with E-state index in [-0.39, 0.29) is 23.5 Å². The van der Waals surface area contributed by atoms with E-state index in [9.17, 15) is 18.0 Å². The van der Waals surface area contributed by atoms with Gasteiger partial charge in [-0.15, -0.1) is 0 Å². The predicted octanol–water partition coefficient (Wildman–Crippen LogP) is 4.98. The molecular weight excluding hydrogens is 463 g/mol. The topological polar surface area (TPSA) is 86.3 Å². The maximum Gasteiger partial charge on any atom is 0.491 e. The quantitative estimate of drug-likeness (QED) is 0.340. The van der Waals surface area contributed by atoms with E-state index < -0.39 is 12.1 Å². The summed E-state index contributed by atoms with van der Waals surface area (Å²) in [6.07, 6.45) is -0.355. The first kappa shape index (κ1) is 23.8. The highest BCUT2D eigenvalue weighted by atomic mass is 19.4. The second kappa shape index (κ2) is 9.25. The minimum absolute atomic E-state index is 0.0889. The van der Waals surface area contributed by atoms with Gasteiger partial charge in [-0.1, -0.05) is 19.9 Å². The van der Waals surface area contributed by atoms with Crippen molar-refractivity contribution in [3.63, 3.8) is 0 Å². The van der Waals surface area contributed by atoms with E-state index in [2.05, 4.69) is 34.0 Å². The number of nitrogens with zero attached hydrogens (tertiary/aromatic N) is 5. The van der Waals surface area contributed by atoms with Gasteiger partial charge in [0.1, 0.15) is 5.75 Å². The van der Waals surface area contributed by atoms with E-state index >= 15 is 0 Å². The largest absolute Gasteiger partial charge is 0.491 e. The standard InChI is InChI=1S/C24H28F3N5O3/c1-14(2)8-11-31-12-9-16(10-13-31)21-28-23(30-35-21)32-17-4-3-5-18(34-22(33)24(25,26)27)19(17)20(29-32)15-6-7-15/h3-5,14-16H,6-13H2,1-2H3. The molecule has 188 valence electrons. The number of benzene rings is 1. The number of aromatic nitrogens is 4. The Balaban J connectivity index is 1.40. The Kier molecular flexibility index (Phi) is 6.29. The zero-order valence-electron chi connectivity index (χ0n) is 19.7. The van der Waals surface area contributed by atoms with Crippen molar-refractivity contribution in [1.29, 1.82) is 0 Å². The molecule has 5 rings (SSSR count). The summed E-state index contributed by atoms with van der Waals surface area (Å²) < 4.78 is 50.3. The number of halogens is 3. The van der Waals surface area contributed by atoms with Crippen molar-refractivity contribution in [2.75, 3.05) is 19.6 Å². The molecule has 1 saturated heterocycles. The molecule has 2 aliphatic rings. The van der Waals surface area contributed by atoms with Crippen LogP contribution in [0.3, 0.4) is 0 Å². The zero-order valence-corrected chi connectivity index (χ0v) is 19.7. The summed E-state index contributed by atoms with van der Waals surface area (Å²) in [6.45, 7) is 7.48. The van der Waals surface area contributed by atoms with Crippen LogP contribution in [0, 0.1) is 5.92 Å². The number of likely N-dealkylation sites (tertiary alicyclic amines) is 1. The molecule has 3 heterocycles. The molecule has 11 heteroatoms. The Morgan fingerprint density at radius 3 is 2.57 bits per heavy atom. The molecule has 1 saturated carbocycles. The van der Waals surface area contributed by atoms with E-state index in [0.29, 0.717) is 28.4 Å². The van der Waals surface area contributed by atoms with Crippen LogP contribution in [0.25, 0.3) is 16.9 Å². The SMILES string of the molecule is CC(C)CCN1CCC(c2nc(-n3nc(C4CC4)c4c(OC(=O)C(F)(F)F)cccc43)no2)CC1. The minimum Gasteiger partial charge on any atom is -0.419 e. The summed E-state index contributed by atoms with van der Waals surface area (Å²) in [5.41, 5.74) is 1.05. The number of carbonyl (C=O) groups is 1. The average Bonchev–Trinajstić information content (AvgIpc) is 3.41. The van der Waals surface area contributed by atoms with Gasteiger partial charge in [-0.3, -0.25) is 0 Å². The van der Waals surface area contributed by atoms with E-state index in [1.807, 2.05) is 0 Å². The molecule has 8 nitrogen and oxygen atoms in total. The van der Waals surface area contributed by atoms with Gasteiger partial charge in [0.2, 0.25) is 5.89 Å². The van der Waals surface area contributed by atoms with Crippen LogP contribution in [0.15, 0.2) is 22.7 Å². The Bertz CT molecular complexity index is 1210. The van der Waals surface area contributed by atoms with Crippen molar-refractivity contribution < 1.29 is 27.2 Å². The number of esters is 1. The molecule has 0 unspecified atom stereocenters. The summed E-state index contributed by atoms with van der Waals surface area (Å²) in [5.74, 6) is -0.756. The minimum atomic E-state index is -5.09. The average molecular weight is 492 g/mol. The maximum atomic E-state index is 12.8. The van der Waals surface area contributed by atoms with Crippen LogP contribution in [0.1, 0.15) is 69.4 Å². The number of carbonyl (C=O) groups excluding carboxylic acids is 1. The third kappa shape index (κ3) is 5.05. The molecule has 2 aromatic heterocycles. The van der Waals surface area contributed by atoms with E-state index in [4.69, 9.17) is 9.26 Å². The summed E-state index contributed by atoms with van der Waals surface area (Å²) in [7, 11) is 0. The Labute approximate surface area is 200 Å². The van der Waals surface area contributed by atoms with Crippen molar-refractivity contribution in [1.82, 2.24) is 24.8 Å². The molecule has 2 fully saturated rings. The third-order valence-electron chi connectivity index (χ3n) is 6.67. The number of ether oxygens (including phenoxy) is 1. The molecule has 1 aromatic carbocycles. The van der Waals surface area contributed by atoms with E-state index in [1.54, 1.807) is 6.07 Å². The van der Waals surface area contributed by atoms with Gasteiger partial charge in [0.05, 0.1) is 16.6 Å². The fourth-order valence-corrected chi connectivity index (χ4v) is 4.53. The molecule has 1 aliphatic heterocycles. The molecule has 0 amide bonds. The number of piperidine rings is 1. The molecular formula is C24H28F3N5O3. The van der Waals surface area contributed by atoms with Crippen LogP contribution in [-0.4, -0.2) is 56.6 Å². The zero-order chi connectivity index (χ0) is 24.7. The van der Waals surface area contributed by atoms with Gasteiger partial charge in [-0.05, 0) is 74.9 Å². The van der Waals surface area contributed by atoms with Gasteiger partial charge < -0.3 is 14.2 Å². The van der Waals surface area contributed by atoms with Crippen LogP contribution in [0.5, 0.6) is 5.75 Å². The van der Waals surface area contributed by atoms with Crippen molar-refractivity contribution in [3.05, 3.63) is 29.8 Å². The van der Waals surface area contributed by atoms with Crippen molar-refractivity contribution >= 4 is 16.9 Å². The van der Waals surface area contributed by atoms with Gasteiger partial charge in [0, 0.05) is 11.8 Å². The molecule has 0 N–H and O–H groups in total. The molecule has 1 aliphatic carbocycles. The lowest BCUT2D eigenvalue weighted by atomic mass is 9.96. The monoisotopic (exact) mass is 491 g/mol. The Hall–Kier alpha value is -2.95. The fraction of sp³-hybridized carbons (Fsp3) is 0.583. The molecule has 3 aromatic rings. The number of hydrogen-bond donors (Lipinski definition) is 0. The number of fused-ring (bicyclic) bond motifs is 1. The van der Waals surface area contributed by atoms with E-state index in [0.717, 1.165) is 45.3 Å². The predicted molar refractivity (Wildman–Crippen MR) is 120 cm³/mol. The van der Waals surface area contributed by atoms with Gasteiger partial charge >= 0.3 is 12.1 Å². The highest BCUT2D eigenvalue weighted by molar-refractivity contribution is 5.92. The lowest BCUT2D eigenvalue weighted by molar-refractivity contribution is -0.189. The summed E-state index contributed by atoms with van der Waals surface area (Å²) in [6, 6.07) is 4.56. The summed E-state index contributed by atoms with van der Waals surface area (Å²) in [4.78, 5) is 18.6.